The Morgan fingerprint density at radius 3 is 2.91 bits per heavy atom. The van der Waals surface area contributed by atoms with Gasteiger partial charge >= 0.3 is 0 Å². The number of carbonyl (C=O) groups excluding carboxylic acids is 1. The highest BCUT2D eigenvalue weighted by Gasteiger charge is 2.27. The SMILES string of the molecule is CCc1[nH]nc(C(=O)N2CCOC(CCCC(C)C)C2)c1C. The number of rotatable bonds is 6. The smallest absolute Gasteiger partial charge is 0.274 e. The second-order valence-electron chi connectivity index (χ2n) is 6.60. The summed E-state index contributed by atoms with van der Waals surface area (Å²) in [5.41, 5.74) is 2.60. The van der Waals surface area contributed by atoms with Crippen LogP contribution in [0.4, 0.5) is 0 Å². The number of aryl methyl sites for hydroxylation is 1. The number of morpholine rings is 1. The van der Waals surface area contributed by atoms with Gasteiger partial charge in [0.05, 0.1) is 12.7 Å². The van der Waals surface area contributed by atoms with E-state index in [-0.39, 0.29) is 12.0 Å². The Morgan fingerprint density at radius 1 is 1.50 bits per heavy atom. The lowest BCUT2D eigenvalue weighted by Gasteiger charge is -2.33. The van der Waals surface area contributed by atoms with Crippen LogP contribution in [0.3, 0.4) is 0 Å². The third kappa shape index (κ3) is 4.09. The minimum absolute atomic E-state index is 0.0330. The van der Waals surface area contributed by atoms with Crippen molar-refractivity contribution in [3.63, 3.8) is 0 Å². The molecule has 124 valence electrons. The molecule has 1 fully saturated rings. The van der Waals surface area contributed by atoms with Gasteiger partial charge in [-0.2, -0.15) is 5.10 Å². The molecule has 0 bridgehead atoms. The maximum absolute atomic E-state index is 12.7. The fourth-order valence-corrected chi connectivity index (χ4v) is 2.97. The highest BCUT2D eigenvalue weighted by Crippen LogP contribution is 2.18. The van der Waals surface area contributed by atoms with Crippen LogP contribution < -0.4 is 0 Å². The molecule has 0 saturated carbocycles. The van der Waals surface area contributed by atoms with Crippen LogP contribution in [0, 0.1) is 12.8 Å². The lowest BCUT2D eigenvalue weighted by molar-refractivity contribution is -0.0262. The predicted octanol–water partition coefficient (Wildman–Crippen LogP) is 2.95. The maximum atomic E-state index is 12.7. The molecule has 1 N–H and O–H groups in total. The predicted molar refractivity (Wildman–Crippen MR) is 87.0 cm³/mol. The second-order valence-corrected chi connectivity index (χ2v) is 6.60. The quantitative estimate of drug-likeness (QED) is 0.879. The number of aromatic amines is 1. The van der Waals surface area contributed by atoms with E-state index in [0.717, 1.165) is 36.4 Å². The Balaban J connectivity index is 1.93. The van der Waals surface area contributed by atoms with Crippen LogP contribution in [-0.2, 0) is 11.2 Å². The first kappa shape index (κ1) is 17.0. The first-order valence-corrected chi connectivity index (χ1v) is 8.47. The lowest BCUT2D eigenvalue weighted by atomic mass is 10.0. The van der Waals surface area contributed by atoms with Crippen LogP contribution in [0.1, 0.15) is 61.8 Å². The Labute approximate surface area is 133 Å². The van der Waals surface area contributed by atoms with Gasteiger partial charge in [-0.25, -0.2) is 0 Å². The molecule has 0 radical (unpaired) electrons. The van der Waals surface area contributed by atoms with Gasteiger partial charge in [-0.1, -0.05) is 33.6 Å². The summed E-state index contributed by atoms with van der Waals surface area (Å²) >= 11 is 0. The van der Waals surface area contributed by atoms with Crippen LogP contribution >= 0.6 is 0 Å². The van der Waals surface area contributed by atoms with Gasteiger partial charge in [-0.05, 0) is 25.7 Å². The van der Waals surface area contributed by atoms with Crippen molar-refractivity contribution >= 4 is 5.91 Å². The van der Waals surface area contributed by atoms with E-state index in [1.165, 1.54) is 6.42 Å². The van der Waals surface area contributed by atoms with Crippen molar-refractivity contribution in [1.82, 2.24) is 15.1 Å². The Kier molecular flexibility index (Phi) is 6.00. The van der Waals surface area contributed by atoms with E-state index in [4.69, 9.17) is 4.74 Å². The first-order valence-electron chi connectivity index (χ1n) is 8.47. The van der Waals surface area contributed by atoms with Crippen molar-refractivity contribution in [3.8, 4) is 0 Å². The summed E-state index contributed by atoms with van der Waals surface area (Å²) in [6.45, 7) is 10.5. The van der Waals surface area contributed by atoms with Gasteiger partial charge in [-0.3, -0.25) is 9.89 Å². The fourth-order valence-electron chi connectivity index (χ4n) is 2.97. The number of hydrogen-bond donors (Lipinski definition) is 1. The standard InChI is InChI=1S/C17H29N3O2/c1-5-15-13(4)16(19-18-15)17(21)20-9-10-22-14(11-20)8-6-7-12(2)3/h12,14H,5-11H2,1-4H3,(H,18,19). The molecule has 2 rings (SSSR count). The number of nitrogens with one attached hydrogen (secondary N) is 1. The average molecular weight is 307 g/mol. The minimum Gasteiger partial charge on any atom is -0.375 e. The topological polar surface area (TPSA) is 58.2 Å². The van der Waals surface area contributed by atoms with Crippen LogP contribution in [0.2, 0.25) is 0 Å². The summed E-state index contributed by atoms with van der Waals surface area (Å²) in [6.07, 6.45) is 4.44. The highest BCUT2D eigenvalue weighted by atomic mass is 16.5. The molecule has 1 amide bonds. The normalized spacial score (nSPS) is 19.0. The molecule has 1 atom stereocenters. The number of ether oxygens (including phenoxy) is 1. The largest absolute Gasteiger partial charge is 0.375 e. The van der Waals surface area contributed by atoms with Gasteiger partial charge in [0.1, 0.15) is 0 Å². The maximum Gasteiger partial charge on any atom is 0.274 e. The van der Waals surface area contributed by atoms with Crippen LogP contribution in [0.15, 0.2) is 0 Å². The van der Waals surface area contributed by atoms with Crippen LogP contribution in [0.5, 0.6) is 0 Å². The molecule has 1 unspecified atom stereocenters. The van der Waals surface area contributed by atoms with Crippen molar-refractivity contribution in [3.05, 3.63) is 17.0 Å². The van der Waals surface area contributed by atoms with Gasteiger partial charge < -0.3 is 9.64 Å². The van der Waals surface area contributed by atoms with Gasteiger partial charge in [0.15, 0.2) is 5.69 Å². The molecule has 22 heavy (non-hydrogen) atoms. The molecular formula is C17H29N3O2. The summed E-state index contributed by atoms with van der Waals surface area (Å²) in [5, 5.41) is 7.19. The molecule has 0 aromatic carbocycles. The van der Waals surface area contributed by atoms with E-state index in [2.05, 4.69) is 31.0 Å². The van der Waals surface area contributed by atoms with Gasteiger partial charge in [0, 0.05) is 24.3 Å². The Bertz CT molecular complexity index is 496. The zero-order chi connectivity index (χ0) is 16.1. The number of nitrogens with zero attached hydrogens (tertiary/aromatic N) is 2. The minimum atomic E-state index is 0.0330. The molecule has 1 aromatic heterocycles. The summed E-state index contributed by atoms with van der Waals surface area (Å²) in [5.74, 6) is 0.756. The van der Waals surface area contributed by atoms with E-state index in [1.54, 1.807) is 0 Å². The van der Waals surface area contributed by atoms with E-state index in [1.807, 2.05) is 11.8 Å². The van der Waals surface area contributed by atoms with E-state index in [0.29, 0.717) is 25.4 Å². The van der Waals surface area contributed by atoms with E-state index in [9.17, 15) is 4.79 Å². The van der Waals surface area contributed by atoms with Crippen molar-refractivity contribution in [2.75, 3.05) is 19.7 Å². The Hall–Kier alpha value is -1.36. The molecule has 5 heteroatoms. The number of H-pyrrole nitrogens is 1. The molecular weight excluding hydrogens is 278 g/mol. The van der Waals surface area contributed by atoms with Crippen molar-refractivity contribution < 1.29 is 9.53 Å². The fraction of sp³-hybridized carbons (Fsp3) is 0.765. The highest BCUT2D eigenvalue weighted by molar-refractivity contribution is 5.94. The summed E-state index contributed by atoms with van der Waals surface area (Å²) in [7, 11) is 0. The molecule has 1 aliphatic rings. The van der Waals surface area contributed by atoms with Crippen LogP contribution in [0.25, 0.3) is 0 Å². The molecule has 0 spiro atoms. The summed E-state index contributed by atoms with van der Waals surface area (Å²) < 4.78 is 5.81. The summed E-state index contributed by atoms with van der Waals surface area (Å²) in [4.78, 5) is 14.6. The molecule has 0 aliphatic carbocycles. The third-order valence-electron chi connectivity index (χ3n) is 4.40. The number of amides is 1. The van der Waals surface area contributed by atoms with Gasteiger partial charge in [0.2, 0.25) is 0 Å². The van der Waals surface area contributed by atoms with Gasteiger partial charge in [0.25, 0.3) is 5.91 Å². The number of hydrogen-bond acceptors (Lipinski definition) is 3. The van der Waals surface area contributed by atoms with Crippen molar-refractivity contribution in [2.24, 2.45) is 5.92 Å². The zero-order valence-corrected chi connectivity index (χ0v) is 14.3. The summed E-state index contributed by atoms with van der Waals surface area (Å²) in [6, 6.07) is 0. The number of aromatic nitrogens is 2. The number of carbonyl (C=O) groups is 1. The third-order valence-corrected chi connectivity index (χ3v) is 4.40. The van der Waals surface area contributed by atoms with E-state index < -0.39 is 0 Å². The van der Waals surface area contributed by atoms with Gasteiger partial charge in [-0.15, -0.1) is 0 Å². The molecule has 1 saturated heterocycles. The molecule has 1 aromatic rings. The molecule has 5 nitrogen and oxygen atoms in total. The van der Waals surface area contributed by atoms with E-state index >= 15 is 0 Å². The average Bonchev–Trinajstić information content (AvgIpc) is 2.87. The van der Waals surface area contributed by atoms with Crippen LogP contribution in [-0.4, -0.2) is 46.8 Å². The molecule has 2 heterocycles. The van der Waals surface area contributed by atoms with Crippen molar-refractivity contribution in [1.29, 1.82) is 0 Å². The Morgan fingerprint density at radius 2 is 2.27 bits per heavy atom. The van der Waals surface area contributed by atoms with Crippen molar-refractivity contribution in [2.45, 2.75) is 59.5 Å². The second kappa shape index (κ2) is 7.77. The lowest BCUT2D eigenvalue weighted by Crippen LogP contribution is -2.45. The first-order chi connectivity index (χ1) is 10.5. The molecule has 1 aliphatic heterocycles. The zero-order valence-electron chi connectivity index (χ0n) is 14.3. The monoisotopic (exact) mass is 307 g/mol.